The van der Waals surface area contributed by atoms with Crippen LogP contribution in [-0.4, -0.2) is 60.2 Å². The van der Waals surface area contributed by atoms with E-state index in [9.17, 15) is 9.90 Å². The Balaban J connectivity index is 1.03. The number of hydrogen-bond donors (Lipinski definition) is 1. The van der Waals surface area contributed by atoms with Crippen molar-refractivity contribution in [1.82, 2.24) is 29.4 Å². The van der Waals surface area contributed by atoms with Crippen molar-refractivity contribution in [3.8, 4) is 17.2 Å². The molecule has 3 aliphatic rings. The third-order valence-electron chi connectivity index (χ3n) is 9.13. The number of benzene rings is 1. The summed E-state index contributed by atoms with van der Waals surface area (Å²) >= 11 is 7.61. The highest BCUT2D eigenvalue weighted by Crippen LogP contribution is 2.49. The number of hydrogen-bond acceptors (Lipinski definition) is 10. The molecule has 242 valence electrons. The van der Waals surface area contributed by atoms with Crippen molar-refractivity contribution in [3.63, 3.8) is 0 Å². The van der Waals surface area contributed by atoms with Crippen LogP contribution in [0.1, 0.15) is 71.0 Å². The number of carboxylic acid groups (broad SMARTS) is 1. The van der Waals surface area contributed by atoms with E-state index in [2.05, 4.69) is 25.9 Å². The standard InChI is InChI=1S/C34H33ClN6O5S/c1-34(28-8-7-22(35)14-37-28)45-26-4-2-3-24(31(26)46-34)21-9-11-40(12-10-21)17-29-39-30-27(44-18-20-5-6-20)13-25(33(42)43)38-32(30)41(29)16-23-15-36-19-47-23/h2-4,7-8,13-15,19-21H,5-6,9-12,16-18H2,1H3,(H,42,43)/t34-/m0/s1. The lowest BCUT2D eigenvalue weighted by atomic mass is 9.88. The maximum absolute atomic E-state index is 12.0. The molecule has 4 aromatic heterocycles. The van der Waals surface area contributed by atoms with Gasteiger partial charge in [-0.1, -0.05) is 23.7 Å². The summed E-state index contributed by atoms with van der Waals surface area (Å²) < 4.78 is 20.9. The number of imidazole rings is 1. The fourth-order valence-corrected chi connectivity index (χ4v) is 7.10. The first-order chi connectivity index (χ1) is 22.8. The fourth-order valence-electron chi connectivity index (χ4n) is 6.40. The van der Waals surface area contributed by atoms with Crippen LogP contribution in [0.15, 0.2) is 54.3 Å². The fraction of sp³-hybridized carbons (Fsp3) is 0.382. The molecule has 1 atom stereocenters. The largest absolute Gasteiger partial charge is 0.491 e. The lowest BCUT2D eigenvalue weighted by molar-refractivity contribution is -0.0722. The summed E-state index contributed by atoms with van der Waals surface area (Å²) in [6.45, 7) is 5.24. The summed E-state index contributed by atoms with van der Waals surface area (Å²) in [6.07, 6.45) is 7.55. The number of aromatic nitrogens is 5. The molecule has 1 N–H and O–H groups in total. The first-order valence-electron chi connectivity index (χ1n) is 15.8. The highest BCUT2D eigenvalue weighted by Gasteiger charge is 2.42. The molecular formula is C34H33ClN6O5S. The summed E-state index contributed by atoms with van der Waals surface area (Å²) in [4.78, 5) is 33.8. The minimum atomic E-state index is -1.09. The number of carbonyl (C=O) groups is 1. The lowest BCUT2D eigenvalue weighted by Crippen LogP contribution is -2.34. The summed E-state index contributed by atoms with van der Waals surface area (Å²) in [7, 11) is 0. The highest BCUT2D eigenvalue weighted by molar-refractivity contribution is 7.09. The van der Waals surface area contributed by atoms with Crippen molar-refractivity contribution >= 4 is 40.1 Å². The molecule has 1 aromatic carbocycles. The topological polar surface area (TPSA) is 125 Å². The molecule has 13 heteroatoms. The summed E-state index contributed by atoms with van der Waals surface area (Å²) in [5, 5.41) is 10.4. The van der Waals surface area contributed by atoms with Gasteiger partial charge in [-0.2, -0.15) is 0 Å². The van der Waals surface area contributed by atoms with E-state index >= 15 is 0 Å². The van der Waals surface area contributed by atoms with Gasteiger partial charge < -0.3 is 23.9 Å². The van der Waals surface area contributed by atoms with Crippen LogP contribution in [0.3, 0.4) is 0 Å². The van der Waals surface area contributed by atoms with Crippen LogP contribution in [0.5, 0.6) is 17.2 Å². The zero-order valence-corrected chi connectivity index (χ0v) is 27.3. The average Bonchev–Trinajstić information content (AvgIpc) is 3.45. The molecule has 11 nitrogen and oxygen atoms in total. The van der Waals surface area contributed by atoms with E-state index in [0.29, 0.717) is 64.9 Å². The molecule has 0 bridgehead atoms. The zero-order chi connectivity index (χ0) is 32.1. The minimum absolute atomic E-state index is 0.0503. The third kappa shape index (κ3) is 6.01. The number of halogens is 1. The molecule has 1 saturated heterocycles. The maximum atomic E-state index is 12.0. The monoisotopic (exact) mass is 672 g/mol. The van der Waals surface area contributed by atoms with E-state index < -0.39 is 11.8 Å². The molecule has 0 unspecified atom stereocenters. The van der Waals surface area contributed by atoms with Crippen LogP contribution in [0.25, 0.3) is 11.2 Å². The van der Waals surface area contributed by atoms with Crippen LogP contribution < -0.4 is 14.2 Å². The van der Waals surface area contributed by atoms with Crippen molar-refractivity contribution in [3.05, 3.63) is 87.0 Å². The number of carboxylic acids is 1. The van der Waals surface area contributed by atoms with E-state index in [-0.39, 0.29) is 5.69 Å². The summed E-state index contributed by atoms with van der Waals surface area (Å²) in [5.41, 5.74) is 4.66. The predicted molar refractivity (Wildman–Crippen MR) is 175 cm³/mol. The number of nitrogens with zero attached hydrogens (tertiary/aromatic N) is 6. The van der Waals surface area contributed by atoms with Crippen molar-refractivity contribution in [2.24, 2.45) is 5.92 Å². The van der Waals surface area contributed by atoms with E-state index in [1.807, 2.05) is 35.9 Å². The van der Waals surface area contributed by atoms with Gasteiger partial charge in [0.25, 0.3) is 5.79 Å². The maximum Gasteiger partial charge on any atom is 0.354 e. The normalized spacial score (nSPS) is 19.8. The first kappa shape index (κ1) is 30.1. The number of para-hydroxylation sites is 1. The van der Waals surface area contributed by atoms with E-state index in [0.717, 1.165) is 60.8 Å². The molecule has 6 heterocycles. The van der Waals surface area contributed by atoms with E-state index in [1.165, 1.54) is 6.07 Å². The van der Waals surface area contributed by atoms with Gasteiger partial charge in [0.1, 0.15) is 11.5 Å². The predicted octanol–water partition coefficient (Wildman–Crippen LogP) is 6.50. The van der Waals surface area contributed by atoms with Crippen LogP contribution in [0.2, 0.25) is 5.02 Å². The van der Waals surface area contributed by atoms with Crippen LogP contribution in [0, 0.1) is 5.92 Å². The number of fused-ring (bicyclic) bond motifs is 2. The first-order valence-corrected chi connectivity index (χ1v) is 17.1. The zero-order valence-electron chi connectivity index (χ0n) is 25.8. The second-order valence-electron chi connectivity index (χ2n) is 12.6. The molecular weight excluding hydrogens is 640 g/mol. The summed E-state index contributed by atoms with van der Waals surface area (Å²) in [6, 6.07) is 11.2. The molecule has 1 aliphatic carbocycles. The molecule has 0 amide bonds. The molecule has 0 spiro atoms. The van der Waals surface area contributed by atoms with Gasteiger partial charge in [-0.25, -0.2) is 14.8 Å². The molecule has 5 aromatic rings. The van der Waals surface area contributed by atoms with Gasteiger partial charge in [-0.3, -0.25) is 14.9 Å². The van der Waals surface area contributed by atoms with Crippen molar-refractivity contribution in [1.29, 1.82) is 0 Å². The van der Waals surface area contributed by atoms with Gasteiger partial charge >= 0.3 is 5.97 Å². The number of pyridine rings is 2. The quantitative estimate of drug-likeness (QED) is 0.176. The number of likely N-dealkylation sites (tertiary alicyclic amines) is 1. The average molecular weight is 673 g/mol. The molecule has 8 rings (SSSR count). The Bertz CT molecular complexity index is 1940. The molecule has 2 aliphatic heterocycles. The Labute approximate surface area is 280 Å². The lowest BCUT2D eigenvalue weighted by Gasteiger charge is -2.32. The van der Waals surface area contributed by atoms with Gasteiger partial charge in [0.05, 0.1) is 30.2 Å². The Hall–Kier alpha value is -4.26. The van der Waals surface area contributed by atoms with Gasteiger partial charge in [0, 0.05) is 35.8 Å². The number of ether oxygens (including phenoxy) is 3. The number of rotatable bonds is 10. The minimum Gasteiger partial charge on any atom is -0.491 e. The summed E-state index contributed by atoms with van der Waals surface area (Å²) in [5.74, 6) is 1.47. The second kappa shape index (κ2) is 12.1. The van der Waals surface area contributed by atoms with Crippen LogP contribution in [-0.2, 0) is 18.9 Å². The molecule has 1 saturated carbocycles. The van der Waals surface area contributed by atoms with Gasteiger partial charge in [-0.05, 0) is 68.8 Å². The molecule has 47 heavy (non-hydrogen) atoms. The van der Waals surface area contributed by atoms with Gasteiger partial charge in [0.2, 0.25) is 0 Å². The van der Waals surface area contributed by atoms with E-state index in [4.69, 9.17) is 30.8 Å². The van der Waals surface area contributed by atoms with E-state index in [1.54, 1.807) is 29.1 Å². The van der Waals surface area contributed by atoms with Crippen molar-refractivity contribution in [2.45, 2.75) is 57.4 Å². The molecule has 0 radical (unpaired) electrons. The Morgan fingerprint density at radius 2 is 1.96 bits per heavy atom. The van der Waals surface area contributed by atoms with Gasteiger partial charge in [0.15, 0.2) is 34.1 Å². The second-order valence-corrected chi connectivity index (χ2v) is 14.0. The Morgan fingerprint density at radius 3 is 2.68 bits per heavy atom. The van der Waals surface area contributed by atoms with Crippen molar-refractivity contribution in [2.75, 3.05) is 19.7 Å². The van der Waals surface area contributed by atoms with Crippen LogP contribution >= 0.6 is 22.9 Å². The SMILES string of the molecule is C[C@]1(c2ccc(Cl)cn2)Oc2cccc(C3CCN(Cc4nc5c(OCC6CC6)cc(C(=O)O)nc5n4Cc4cncs4)CC3)c2O1. The Morgan fingerprint density at radius 1 is 1.11 bits per heavy atom. The van der Waals surface area contributed by atoms with Gasteiger partial charge in [-0.15, -0.1) is 11.3 Å². The smallest absolute Gasteiger partial charge is 0.354 e. The number of thiazole rings is 1. The highest BCUT2D eigenvalue weighted by atomic mass is 35.5. The third-order valence-corrected chi connectivity index (χ3v) is 10.1. The number of aromatic carboxylic acids is 1. The van der Waals surface area contributed by atoms with Crippen LogP contribution in [0.4, 0.5) is 0 Å². The van der Waals surface area contributed by atoms with Crippen molar-refractivity contribution < 1.29 is 24.1 Å². The number of piperidine rings is 1. The Kier molecular flexibility index (Phi) is 7.73. The molecule has 2 fully saturated rings.